The molecule has 2 rings (SSSR count). The van der Waals surface area contributed by atoms with Crippen LogP contribution in [-0.4, -0.2) is 35.9 Å². The Labute approximate surface area is 95.7 Å². The first-order valence-corrected chi connectivity index (χ1v) is 5.74. The average molecular weight is 219 g/mol. The van der Waals surface area contributed by atoms with Crippen LogP contribution in [0.1, 0.15) is 29.6 Å². The molecule has 4 nitrogen and oxygen atoms in total. The summed E-state index contributed by atoms with van der Waals surface area (Å²) in [7, 11) is 1.80. The van der Waals surface area contributed by atoms with E-state index in [2.05, 4.69) is 10.3 Å². The summed E-state index contributed by atoms with van der Waals surface area (Å²) in [4.78, 5) is 18.2. The molecule has 16 heavy (non-hydrogen) atoms. The van der Waals surface area contributed by atoms with Gasteiger partial charge in [0.25, 0.3) is 5.91 Å². The molecule has 1 fully saturated rings. The Balaban J connectivity index is 2.12. The van der Waals surface area contributed by atoms with Gasteiger partial charge in [-0.3, -0.25) is 4.79 Å². The number of hydrogen-bond donors (Lipinski definition) is 1. The number of amides is 1. The number of nitrogens with one attached hydrogen (secondary N) is 1. The van der Waals surface area contributed by atoms with Crippen molar-refractivity contribution in [3.05, 3.63) is 23.9 Å². The lowest BCUT2D eigenvalue weighted by Crippen LogP contribution is -2.35. The van der Waals surface area contributed by atoms with Crippen LogP contribution in [0.5, 0.6) is 0 Å². The monoisotopic (exact) mass is 219 g/mol. The topological polar surface area (TPSA) is 45.2 Å². The molecule has 0 unspecified atom stereocenters. The van der Waals surface area contributed by atoms with Crippen molar-refractivity contribution in [2.45, 2.75) is 19.3 Å². The molecule has 0 aromatic carbocycles. The number of carbonyl (C=O) groups is 1. The number of anilines is 1. The Morgan fingerprint density at radius 2 is 2.12 bits per heavy atom. The van der Waals surface area contributed by atoms with E-state index in [4.69, 9.17) is 0 Å². The van der Waals surface area contributed by atoms with Crippen LogP contribution >= 0.6 is 0 Å². The standard InChI is InChI=1S/C12H17N3O/c1-13-11-9-10(5-6-14-11)12(16)15-7-3-2-4-8-15/h5-6,9H,2-4,7-8H2,1H3,(H,13,14). The number of pyridine rings is 1. The van der Waals surface area contributed by atoms with E-state index in [-0.39, 0.29) is 5.91 Å². The molecule has 86 valence electrons. The minimum Gasteiger partial charge on any atom is -0.373 e. The molecular formula is C12H17N3O. The van der Waals surface area contributed by atoms with Crippen LogP contribution in [0.2, 0.25) is 0 Å². The summed E-state index contributed by atoms with van der Waals surface area (Å²) in [6, 6.07) is 3.58. The van der Waals surface area contributed by atoms with Gasteiger partial charge in [0.2, 0.25) is 0 Å². The highest BCUT2D eigenvalue weighted by Gasteiger charge is 2.18. The molecular weight excluding hydrogens is 202 g/mol. The molecule has 2 heterocycles. The fourth-order valence-electron chi connectivity index (χ4n) is 1.98. The molecule has 1 aliphatic heterocycles. The second-order valence-electron chi connectivity index (χ2n) is 4.03. The Morgan fingerprint density at radius 3 is 2.81 bits per heavy atom. The molecule has 0 spiro atoms. The molecule has 1 aromatic heterocycles. The van der Waals surface area contributed by atoms with E-state index in [1.165, 1.54) is 6.42 Å². The first kappa shape index (κ1) is 10.9. The average Bonchev–Trinajstić information content (AvgIpc) is 2.39. The number of piperidine rings is 1. The molecule has 1 N–H and O–H groups in total. The zero-order valence-electron chi connectivity index (χ0n) is 9.57. The Bertz CT molecular complexity index is 372. The predicted octanol–water partition coefficient (Wildman–Crippen LogP) is 1.75. The quantitative estimate of drug-likeness (QED) is 0.824. The van der Waals surface area contributed by atoms with Gasteiger partial charge < -0.3 is 10.2 Å². The highest BCUT2D eigenvalue weighted by atomic mass is 16.2. The number of likely N-dealkylation sites (tertiary alicyclic amines) is 1. The van der Waals surface area contributed by atoms with Crippen molar-refractivity contribution in [3.63, 3.8) is 0 Å². The van der Waals surface area contributed by atoms with Gasteiger partial charge in [0, 0.05) is 31.9 Å². The van der Waals surface area contributed by atoms with Gasteiger partial charge in [-0.2, -0.15) is 0 Å². The Morgan fingerprint density at radius 1 is 1.38 bits per heavy atom. The molecule has 4 heteroatoms. The molecule has 1 amide bonds. The van der Waals surface area contributed by atoms with Crippen LogP contribution in [0, 0.1) is 0 Å². The highest BCUT2D eigenvalue weighted by Crippen LogP contribution is 2.14. The van der Waals surface area contributed by atoms with Gasteiger partial charge in [-0.25, -0.2) is 4.98 Å². The van der Waals surface area contributed by atoms with E-state index >= 15 is 0 Å². The van der Waals surface area contributed by atoms with Crippen molar-refractivity contribution in [2.24, 2.45) is 0 Å². The van der Waals surface area contributed by atoms with E-state index in [1.807, 2.05) is 4.90 Å². The highest BCUT2D eigenvalue weighted by molar-refractivity contribution is 5.94. The smallest absolute Gasteiger partial charge is 0.254 e. The molecule has 0 saturated carbocycles. The molecule has 0 atom stereocenters. The summed E-state index contributed by atoms with van der Waals surface area (Å²) in [6.45, 7) is 1.77. The van der Waals surface area contributed by atoms with Crippen LogP contribution in [0.15, 0.2) is 18.3 Å². The van der Waals surface area contributed by atoms with Crippen molar-refractivity contribution >= 4 is 11.7 Å². The summed E-state index contributed by atoms with van der Waals surface area (Å²) in [5.74, 6) is 0.862. The number of hydrogen-bond acceptors (Lipinski definition) is 3. The molecule has 0 aliphatic carbocycles. The van der Waals surface area contributed by atoms with Crippen LogP contribution in [0.4, 0.5) is 5.82 Å². The molecule has 1 aromatic rings. The van der Waals surface area contributed by atoms with Crippen molar-refractivity contribution in [1.82, 2.24) is 9.88 Å². The lowest BCUT2D eigenvalue weighted by Gasteiger charge is -2.26. The number of nitrogens with zero attached hydrogens (tertiary/aromatic N) is 2. The second-order valence-corrected chi connectivity index (χ2v) is 4.03. The van der Waals surface area contributed by atoms with Crippen LogP contribution in [-0.2, 0) is 0 Å². The van der Waals surface area contributed by atoms with Crippen molar-refractivity contribution in [2.75, 3.05) is 25.5 Å². The van der Waals surface area contributed by atoms with Crippen LogP contribution < -0.4 is 5.32 Å². The van der Waals surface area contributed by atoms with E-state index in [1.54, 1.807) is 25.4 Å². The number of aromatic nitrogens is 1. The fourth-order valence-corrected chi connectivity index (χ4v) is 1.98. The lowest BCUT2D eigenvalue weighted by molar-refractivity contribution is 0.0724. The minimum absolute atomic E-state index is 0.124. The normalized spacial score (nSPS) is 15.9. The second kappa shape index (κ2) is 4.96. The van der Waals surface area contributed by atoms with E-state index < -0.39 is 0 Å². The van der Waals surface area contributed by atoms with Gasteiger partial charge in [-0.15, -0.1) is 0 Å². The summed E-state index contributed by atoms with van der Waals surface area (Å²) < 4.78 is 0. The third-order valence-corrected chi connectivity index (χ3v) is 2.91. The van der Waals surface area contributed by atoms with Crippen molar-refractivity contribution in [1.29, 1.82) is 0 Å². The lowest BCUT2D eigenvalue weighted by atomic mass is 10.1. The maximum Gasteiger partial charge on any atom is 0.254 e. The maximum atomic E-state index is 12.1. The minimum atomic E-state index is 0.124. The SMILES string of the molecule is CNc1cc(C(=O)N2CCCCC2)ccn1. The van der Waals surface area contributed by atoms with Gasteiger partial charge in [0.05, 0.1) is 0 Å². The van der Waals surface area contributed by atoms with Crippen LogP contribution in [0.3, 0.4) is 0 Å². The van der Waals surface area contributed by atoms with Gasteiger partial charge in [0.1, 0.15) is 5.82 Å². The zero-order valence-corrected chi connectivity index (χ0v) is 9.57. The summed E-state index contributed by atoms with van der Waals surface area (Å²) in [5, 5.41) is 2.94. The van der Waals surface area contributed by atoms with Crippen molar-refractivity contribution in [3.8, 4) is 0 Å². The predicted molar refractivity (Wildman–Crippen MR) is 63.5 cm³/mol. The molecule has 1 saturated heterocycles. The van der Waals surface area contributed by atoms with E-state index in [9.17, 15) is 4.79 Å². The third-order valence-electron chi connectivity index (χ3n) is 2.91. The molecule has 1 aliphatic rings. The third kappa shape index (κ3) is 2.32. The Hall–Kier alpha value is -1.58. The number of rotatable bonds is 2. The van der Waals surface area contributed by atoms with Gasteiger partial charge in [-0.05, 0) is 31.4 Å². The number of carbonyl (C=O) groups excluding carboxylic acids is 1. The van der Waals surface area contributed by atoms with E-state index in [0.29, 0.717) is 0 Å². The molecule has 0 bridgehead atoms. The first-order valence-electron chi connectivity index (χ1n) is 5.74. The van der Waals surface area contributed by atoms with Gasteiger partial charge >= 0.3 is 0 Å². The zero-order chi connectivity index (χ0) is 11.4. The summed E-state index contributed by atoms with van der Waals surface area (Å²) in [5.41, 5.74) is 0.723. The first-order chi connectivity index (χ1) is 7.81. The maximum absolute atomic E-state index is 12.1. The van der Waals surface area contributed by atoms with Gasteiger partial charge in [0.15, 0.2) is 0 Å². The largest absolute Gasteiger partial charge is 0.373 e. The van der Waals surface area contributed by atoms with Crippen LogP contribution in [0.25, 0.3) is 0 Å². The summed E-state index contributed by atoms with van der Waals surface area (Å²) >= 11 is 0. The summed E-state index contributed by atoms with van der Waals surface area (Å²) in [6.07, 6.45) is 5.15. The Kier molecular flexibility index (Phi) is 3.39. The fraction of sp³-hybridized carbons (Fsp3) is 0.500. The molecule has 0 radical (unpaired) electrons. The van der Waals surface area contributed by atoms with Crippen molar-refractivity contribution < 1.29 is 4.79 Å². The van der Waals surface area contributed by atoms with E-state index in [0.717, 1.165) is 37.3 Å². The van der Waals surface area contributed by atoms with Gasteiger partial charge in [-0.1, -0.05) is 0 Å².